The summed E-state index contributed by atoms with van der Waals surface area (Å²) in [6.07, 6.45) is 3.27. The third kappa shape index (κ3) is 3.56. The summed E-state index contributed by atoms with van der Waals surface area (Å²) in [6.45, 7) is 0. The summed E-state index contributed by atoms with van der Waals surface area (Å²) >= 11 is 6.10. The standard InChI is InChI=1S/C17H14ClN3O4/c1-23-15-8-16(24-2)12(6-11(15)18)20-17(22)13-7-14(25-21-13)10-4-3-5-19-9-10/h3-9H,1-2H3,(H,20,22). The predicted octanol–water partition coefficient (Wildman–Crippen LogP) is 3.66. The smallest absolute Gasteiger partial charge is 0.277 e. The van der Waals surface area contributed by atoms with Crippen molar-refractivity contribution in [1.82, 2.24) is 10.1 Å². The van der Waals surface area contributed by atoms with Gasteiger partial charge >= 0.3 is 0 Å². The second-order valence-corrected chi connectivity index (χ2v) is 5.37. The quantitative estimate of drug-likeness (QED) is 0.748. The number of amides is 1. The van der Waals surface area contributed by atoms with Gasteiger partial charge in [-0.2, -0.15) is 0 Å². The molecule has 0 saturated carbocycles. The van der Waals surface area contributed by atoms with Crippen molar-refractivity contribution in [1.29, 1.82) is 0 Å². The van der Waals surface area contributed by atoms with E-state index in [1.165, 1.54) is 20.3 Å². The Kier molecular flexibility index (Phi) is 4.85. The van der Waals surface area contributed by atoms with Gasteiger partial charge in [0.15, 0.2) is 11.5 Å². The molecule has 3 aromatic rings. The van der Waals surface area contributed by atoms with Crippen LogP contribution in [-0.2, 0) is 0 Å². The van der Waals surface area contributed by atoms with Gasteiger partial charge < -0.3 is 19.3 Å². The van der Waals surface area contributed by atoms with Crippen LogP contribution in [0, 0.1) is 0 Å². The normalized spacial score (nSPS) is 10.4. The Bertz CT molecular complexity index is 896. The molecular formula is C17H14ClN3O4. The Morgan fingerprint density at radius 1 is 1.20 bits per heavy atom. The summed E-state index contributed by atoms with van der Waals surface area (Å²) in [5, 5.41) is 6.82. The summed E-state index contributed by atoms with van der Waals surface area (Å²) in [6, 6.07) is 8.23. The largest absolute Gasteiger partial charge is 0.495 e. The molecule has 0 radical (unpaired) electrons. The highest BCUT2D eigenvalue weighted by atomic mass is 35.5. The molecule has 0 fully saturated rings. The van der Waals surface area contributed by atoms with E-state index < -0.39 is 5.91 Å². The molecule has 1 N–H and O–H groups in total. The Labute approximate surface area is 148 Å². The van der Waals surface area contributed by atoms with E-state index in [0.717, 1.165) is 5.56 Å². The first-order valence-electron chi connectivity index (χ1n) is 7.22. The summed E-state index contributed by atoms with van der Waals surface area (Å²) in [5.41, 5.74) is 1.23. The predicted molar refractivity (Wildman–Crippen MR) is 92.2 cm³/mol. The lowest BCUT2D eigenvalue weighted by atomic mass is 10.2. The lowest BCUT2D eigenvalue weighted by Gasteiger charge is -2.12. The molecular weight excluding hydrogens is 346 g/mol. The molecule has 0 aliphatic carbocycles. The first-order chi connectivity index (χ1) is 12.1. The van der Waals surface area contributed by atoms with Crippen LogP contribution in [0.2, 0.25) is 5.02 Å². The van der Waals surface area contributed by atoms with E-state index >= 15 is 0 Å². The average molecular weight is 360 g/mol. The van der Waals surface area contributed by atoms with Gasteiger partial charge in [0, 0.05) is 30.1 Å². The number of rotatable bonds is 5. The molecule has 0 spiro atoms. The SMILES string of the molecule is COc1cc(OC)c(NC(=O)c2cc(-c3cccnc3)on2)cc1Cl. The molecule has 2 aromatic heterocycles. The maximum Gasteiger partial charge on any atom is 0.277 e. The van der Waals surface area contributed by atoms with Crippen molar-refractivity contribution in [2.75, 3.05) is 19.5 Å². The van der Waals surface area contributed by atoms with Gasteiger partial charge in [-0.3, -0.25) is 9.78 Å². The number of methoxy groups -OCH3 is 2. The fourth-order valence-corrected chi connectivity index (χ4v) is 2.41. The third-order valence-electron chi connectivity index (χ3n) is 3.41. The number of pyridine rings is 1. The monoisotopic (exact) mass is 359 g/mol. The maximum absolute atomic E-state index is 12.4. The summed E-state index contributed by atoms with van der Waals surface area (Å²) < 4.78 is 15.6. The number of nitrogens with one attached hydrogen (secondary N) is 1. The van der Waals surface area contributed by atoms with E-state index in [2.05, 4.69) is 15.5 Å². The van der Waals surface area contributed by atoms with Crippen LogP contribution < -0.4 is 14.8 Å². The summed E-state index contributed by atoms with van der Waals surface area (Å²) in [7, 11) is 2.98. The molecule has 0 unspecified atom stereocenters. The topological polar surface area (TPSA) is 86.5 Å². The van der Waals surface area contributed by atoms with Crippen LogP contribution in [0.15, 0.2) is 47.2 Å². The fraction of sp³-hybridized carbons (Fsp3) is 0.118. The zero-order valence-corrected chi connectivity index (χ0v) is 14.2. The second kappa shape index (κ2) is 7.23. The molecule has 0 aliphatic heterocycles. The van der Waals surface area contributed by atoms with Crippen LogP contribution in [0.3, 0.4) is 0 Å². The van der Waals surface area contributed by atoms with Gasteiger partial charge in [-0.05, 0) is 18.2 Å². The Hall–Kier alpha value is -3.06. The Morgan fingerprint density at radius 3 is 2.68 bits per heavy atom. The van der Waals surface area contributed by atoms with Crippen LogP contribution in [0.5, 0.6) is 11.5 Å². The lowest BCUT2D eigenvalue weighted by Crippen LogP contribution is -2.13. The number of hydrogen-bond acceptors (Lipinski definition) is 6. The van der Waals surface area contributed by atoms with Gasteiger partial charge in [0.05, 0.1) is 24.9 Å². The average Bonchev–Trinajstić information content (AvgIpc) is 3.13. The zero-order valence-electron chi connectivity index (χ0n) is 13.4. The van der Waals surface area contributed by atoms with Gasteiger partial charge in [-0.25, -0.2) is 0 Å². The molecule has 0 atom stereocenters. The number of nitrogens with zero attached hydrogens (tertiary/aromatic N) is 2. The number of ether oxygens (including phenoxy) is 2. The minimum Gasteiger partial charge on any atom is -0.495 e. The highest BCUT2D eigenvalue weighted by Crippen LogP contribution is 2.36. The van der Waals surface area contributed by atoms with Crippen LogP contribution in [-0.4, -0.2) is 30.3 Å². The third-order valence-corrected chi connectivity index (χ3v) is 3.71. The summed E-state index contributed by atoms with van der Waals surface area (Å²) in [4.78, 5) is 16.4. The number of halogens is 1. The number of anilines is 1. The summed E-state index contributed by atoms with van der Waals surface area (Å²) in [5.74, 6) is 0.832. The zero-order chi connectivity index (χ0) is 17.8. The van der Waals surface area contributed by atoms with Crippen molar-refractivity contribution in [2.45, 2.75) is 0 Å². The maximum atomic E-state index is 12.4. The molecule has 1 aromatic carbocycles. The molecule has 0 saturated heterocycles. The van der Waals surface area contributed by atoms with Gasteiger partial charge in [0.2, 0.25) is 0 Å². The number of carbonyl (C=O) groups excluding carboxylic acids is 1. The molecule has 3 rings (SSSR count). The molecule has 2 heterocycles. The molecule has 1 amide bonds. The molecule has 25 heavy (non-hydrogen) atoms. The molecule has 0 aliphatic rings. The first-order valence-corrected chi connectivity index (χ1v) is 7.60. The van der Waals surface area contributed by atoms with E-state index in [1.54, 1.807) is 30.6 Å². The number of carbonyl (C=O) groups is 1. The minimum absolute atomic E-state index is 0.118. The van der Waals surface area contributed by atoms with Gasteiger partial charge in [0.1, 0.15) is 11.5 Å². The highest BCUT2D eigenvalue weighted by Gasteiger charge is 2.17. The van der Waals surface area contributed by atoms with Crippen molar-refractivity contribution in [3.8, 4) is 22.8 Å². The number of hydrogen-bond donors (Lipinski definition) is 1. The molecule has 128 valence electrons. The van der Waals surface area contributed by atoms with Crippen molar-refractivity contribution < 1.29 is 18.8 Å². The van der Waals surface area contributed by atoms with Gasteiger partial charge in [-0.1, -0.05) is 16.8 Å². The first kappa shape index (κ1) is 16.8. The Morgan fingerprint density at radius 2 is 2.00 bits per heavy atom. The minimum atomic E-state index is -0.460. The van der Waals surface area contributed by atoms with Gasteiger partial charge in [-0.15, -0.1) is 0 Å². The van der Waals surface area contributed by atoms with Crippen LogP contribution in [0.4, 0.5) is 5.69 Å². The van der Waals surface area contributed by atoms with Crippen molar-refractivity contribution in [3.05, 3.63) is 53.4 Å². The van der Waals surface area contributed by atoms with E-state index in [1.807, 2.05) is 6.07 Å². The molecule has 7 nitrogen and oxygen atoms in total. The Balaban J connectivity index is 1.84. The number of aromatic nitrogens is 2. The van der Waals surface area contributed by atoms with Crippen LogP contribution >= 0.6 is 11.6 Å². The van der Waals surface area contributed by atoms with E-state index in [0.29, 0.717) is 28.0 Å². The van der Waals surface area contributed by atoms with Crippen LogP contribution in [0.25, 0.3) is 11.3 Å². The van der Waals surface area contributed by atoms with E-state index in [-0.39, 0.29) is 5.69 Å². The molecule has 8 heteroatoms. The number of benzene rings is 1. The molecule has 0 bridgehead atoms. The van der Waals surface area contributed by atoms with E-state index in [4.69, 9.17) is 25.6 Å². The van der Waals surface area contributed by atoms with E-state index in [9.17, 15) is 4.79 Å². The van der Waals surface area contributed by atoms with Crippen molar-refractivity contribution in [3.63, 3.8) is 0 Å². The van der Waals surface area contributed by atoms with Crippen LogP contribution in [0.1, 0.15) is 10.5 Å². The lowest BCUT2D eigenvalue weighted by molar-refractivity contribution is 0.101. The fourth-order valence-electron chi connectivity index (χ4n) is 2.17. The van der Waals surface area contributed by atoms with Crippen molar-refractivity contribution in [2.24, 2.45) is 0 Å². The second-order valence-electron chi connectivity index (χ2n) is 4.96. The van der Waals surface area contributed by atoms with Gasteiger partial charge in [0.25, 0.3) is 5.91 Å². The highest BCUT2D eigenvalue weighted by molar-refractivity contribution is 6.32. The van der Waals surface area contributed by atoms with Crippen molar-refractivity contribution >= 4 is 23.2 Å².